The maximum absolute atomic E-state index is 5.80. The SMILES string of the molecule is CNc1nc(CC2CCCCO2)nc(CC(C)C)c1I. The fourth-order valence-electron chi connectivity index (χ4n) is 2.50. The van der Waals surface area contributed by atoms with Crippen molar-refractivity contribution in [2.75, 3.05) is 19.0 Å². The Morgan fingerprint density at radius 2 is 2.15 bits per heavy atom. The molecule has 20 heavy (non-hydrogen) atoms. The predicted octanol–water partition coefficient (Wildman–Crippen LogP) is 3.43. The van der Waals surface area contributed by atoms with Crippen molar-refractivity contribution in [1.82, 2.24) is 9.97 Å². The van der Waals surface area contributed by atoms with Gasteiger partial charge >= 0.3 is 0 Å². The molecule has 1 aliphatic heterocycles. The summed E-state index contributed by atoms with van der Waals surface area (Å²) in [6.07, 6.45) is 5.69. The lowest BCUT2D eigenvalue weighted by molar-refractivity contribution is 0.0156. The third kappa shape index (κ3) is 4.28. The van der Waals surface area contributed by atoms with Gasteiger partial charge in [-0.2, -0.15) is 0 Å². The van der Waals surface area contributed by atoms with Crippen LogP contribution in [0.5, 0.6) is 0 Å². The van der Waals surface area contributed by atoms with Gasteiger partial charge in [0, 0.05) is 20.1 Å². The molecule has 0 aromatic carbocycles. The molecular formula is C15H24IN3O. The average molecular weight is 389 g/mol. The molecule has 0 saturated carbocycles. The molecule has 1 fully saturated rings. The van der Waals surface area contributed by atoms with Crippen LogP contribution >= 0.6 is 22.6 Å². The number of anilines is 1. The van der Waals surface area contributed by atoms with Crippen LogP contribution in [0.25, 0.3) is 0 Å². The Kier molecular flexibility index (Phi) is 6.01. The normalized spacial score (nSPS) is 19.4. The van der Waals surface area contributed by atoms with Crippen molar-refractivity contribution in [3.8, 4) is 0 Å². The molecule has 0 amide bonds. The van der Waals surface area contributed by atoms with E-state index in [1.807, 2.05) is 7.05 Å². The minimum atomic E-state index is 0.292. The molecule has 1 aromatic heterocycles. The van der Waals surface area contributed by atoms with Crippen LogP contribution < -0.4 is 5.32 Å². The Hall–Kier alpha value is -0.430. The summed E-state index contributed by atoms with van der Waals surface area (Å²) in [7, 11) is 1.92. The number of ether oxygens (including phenoxy) is 1. The summed E-state index contributed by atoms with van der Waals surface area (Å²) in [6.45, 7) is 5.33. The molecule has 5 heteroatoms. The van der Waals surface area contributed by atoms with E-state index in [1.165, 1.54) is 12.8 Å². The first-order chi connectivity index (χ1) is 9.60. The van der Waals surface area contributed by atoms with E-state index in [2.05, 4.69) is 46.7 Å². The summed E-state index contributed by atoms with van der Waals surface area (Å²) in [5.74, 6) is 2.46. The van der Waals surface area contributed by atoms with Gasteiger partial charge in [0.2, 0.25) is 0 Å². The standard InChI is InChI=1S/C15H24IN3O/c1-10(2)8-12-14(16)15(17-3)19-13(18-12)9-11-6-4-5-7-20-11/h10-11H,4-9H2,1-3H3,(H,17,18,19). The maximum Gasteiger partial charge on any atom is 0.143 e. The second-order valence-corrected chi connectivity index (χ2v) is 6.87. The highest BCUT2D eigenvalue weighted by atomic mass is 127. The van der Waals surface area contributed by atoms with Crippen molar-refractivity contribution in [3.63, 3.8) is 0 Å². The highest BCUT2D eigenvalue weighted by Crippen LogP contribution is 2.23. The molecule has 1 unspecified atom stereocenters. The second-order valence-electron chi connectivity index (χ2n) is 5.79. The van der Waals surface area contributed by atoms with Gasteiger partial charge in [-0.1, -0.05) is 13.8 Å². The monoisotopic (exact) mass is 389 g/mol. The fourth-order valence-corrected chi connectivity index (χ4v) is 3.23. The first-order valence-electron chi connectivity index (χ1n) is 7.44. The van der Waals surface area contributed by atoms with Crippen molar-refractivity contribution < 1.29 is 4.74 Å². The molecule has 1 N–H and O–H groups in total. The summed E-state index contributed by atoms with van der Waals surface area (Å²) in [4.78, 5) is 9.42. The molecule has 4 nitrogen and oxygen atoms in total. The first kappa shape index (κ1) is 15.9. The van der Waals surface area contributed by atoms with Crippen LogP contribution in [-0.4, -0.2) is 29.7 Å². The third-order valence-electron chi connectivity index (χ3n) is 3.49. The summed E-state index contributed by atoms with van der Waals surface area (Å²) < 4.78 is 6.95. The van der Waals surface area contributed by atoms with E-state index in [0.717, 1.165) is 46.8 Å². The van der Waals surface area contributed by atoms with E-state index in [9.17, 15) is 0 Å². The summed E-state index contributed by atoms with van der Waals surface area (Å²) in [6, 6.07) is 0. The second kappa shape index (κ2) is 7.54. The number of rotatable bonds is 5. The minimum absolute atomic E-state index is 0.292. The Morgan fingerprint density at radius 3 is 2.75 bits per heavy atom. The van der Waals surface area contributed by atoms with Gasteiger partial charge in [0.15, 0.2) is 0 Å². The molecule has 0 bridgehead atoms. The largest absolute Gasteiger partial charge is 0.378 e. The van der Waals surface area contributed by atoms with Gasteiger partial charge in [-0.3, -0.25) is 0 Å². The molecule has 1 saturated heterocycles. The number of aromatic nitrogens is 2. The van der Waals surface area contributed by atoms with Crippen LogP contribution in [0.15, 0.2) is 0 Å². The Morgan fingerprint density at radius 1 is 1.35 bits per heavy atom. The van der Waals surface area contributed by atoms with Gasteiger partial charge in [0.05, 0.1) is 15.4 Å². The van der Waals surface area contributed by atoms with E-state index < -0.39 is 0 Å². The van der Waals surface area contributed by atoms with E-state index in [4.69, 9.17) is 9.72 Å². The highest BCUT2D eigenvalue weighted by molar-refractivity contribution is 14.1. The molecular weight excluding hydrogens is 365 g/mol. The van der Waals surface area contributed by atoms with Crippen LogP contribution in [0.4, 0.5) is 5.82 Å². The van der Waals surface area contributed by atoms with Gasteiger partial charge in [-0.15, -0.1) is 0 Å². The van der Waals surface area contributed by atoms with E-state index in [-0.39, 0.29) is 0 Å². The van der Waals surface area contributed by atoms with Crippen LogP contribution in [0.2, 0.25) is 0 Å². The fraction of sp³-hybridized carbons (Fsp3) is 0.733. The molecule has 1 aromatic rings. The first-order valence-corrected chi connectivity index (χ1v) is 8.52. The topological polar surface area (TPSA) is 47.0 Å². The predicted molar refractivity (Wildman–Crippen MR) is 90.1 cm³/mol. The molecule has 2 heterocycles. The smallest absolute Gasteiger partial charge is 0.143 e. The molecule has 0 radical (unpaired) electrons. The van der Waals surface area contributed by atoms with Gasteiger partial charge in [0.25, 0.3) is 0 Å². The quantitative estimate of drug-likeness (QED) is 0.784. The number of halogens is 1. The lowest BCUT2D eigenvalue weighted by Crippen LogP contribution is -2.23. The van der Waals surface area contributed by atoms with Crippen molar-refractivity contribution >= 4 is 28.4 Å². The van der Waals surface area contributed by atoms with Crippen molar-refractivity contribution in [2.45, 2.75) is 52.1 Å². The zero-order valence-electron chi connectivity index (χ0n) is 12.6. The van der Waals surface area contributed by atoms with E-state index in [1.54, 1.807) is 0 Å². The molecule has 1 aliphatic rings. The lowest BCUT2D eigenvalue weighted by atomic mass is 10.1. The number of nitrogens with zero attached hydrogens (tertiary/aromatic N) is 2. The van der Waals surface area contributed by atoms with Crippen LogP contribution in [0, 0.1) is 9.49 Å². The van der Waals surface area contributed by atoms with E-state index >= 15 is 0 Å². The number of nitrogens with one attached hydrogen (secondary N) is 1. The van der Waals surface area contributed by atoms with Gasteiger partial charge < -0.3 is 10.1 Å². The molecule has 0 aliphatic carbocycles. The van der Waals surface area contributed by atoms with Gasteiger partial charge in [-0.25, -0.2) is 9.97 Å². The zero-order chi connectivity index (χ0) is 14.5. The van der Waals surface area contributed by atoms with Crippen LogP contribution in [0.1, 0.15) is 44.6 Å². The molecule has 1 atom stereocenters. The van der Waals surface area contributed by atoms with Crippen molar-refractivity contribution in [2.24, 2.45) is 5.92 Å². The summed E-state index contributed by atoms with van der Waals surface area (Å²) in [5, 5.41) is 3.19. The minimum Gasteiger partial charge on any atom is -0.378 e. The number of hydrogen-bond acceptors (Lipinski definition) is 4. The lowest BCUT2D eigenvalue weighted by Gasteiger charge is -2.22. The Labute approximate surface area is 135 Å². The molecule has 112 valence electrons. The Balaban J connectivity index is 2.18. The number of hydrogen-bond donors (Lipinski definition) is 1. The molecule has 2 rings (SSSR count). The van der Waals surface area contributed by atoms with Crippen molar-refractivity contribution in [3.05, 3.63) is 15.1 Å². The molecule has 0 spiro atoms. The highest BCUT2D eigenvalue weighted by Gasteiger charge is 2.18. The maximum atomic E-state index is 5.80. The summed E-state index contributed by atoms with van der Waals surface area (Å²) in [5.41, 5.74) is 1.16. The zero-order valence-corrected chi connectivity index (χ0v) is 14.7. The van der Waals surface area contributed by atoms with Crippen LogP contribution in [0.3, 0.4) is 0 Å². The van der Waals surface area contributed by atoms with Crippen LogP contribution in [-0.2, 0) is 17.6 Å². The summed E-state index contributed by atoms with van der Waals surface area (Å²) >= 11 is 2.34. The van der Waals surface area contributed by atoms with E-state index in [0.29, 0.717) is 12.0 Å². The van der Waals surface area contributed by atoms with Crippen molar-refractivity contribution in [1.29, 1.82) is 0 Å². The average Bonchev–Trinajstić information content (AvgIpc) is 2.43. The third-order valence-corrected chi connectivity index (χ3v) is 4.62. The van der Waals surface area contributed by atoms with Gasteiger partial charge in [0.1, 0.15) is 11.6 Å². The van der Waals surface area contributed by atoms with Gasteiger partial charge in [-0.05, 0) is 54.2 Å². The Bertz CT molecular complexity index is 445.